The molecule has 2 heterocycles. The largest absolute Gasteiger partial charge is 0.361 e. The second-order valence-corrected chi connectivity index (χ2v) is 9.07. The summed E-state index contributed by atoms with van der Waals surface area (Å²) in [5.41, 5.74) is 8.73. The third kappa shape index (κ3) is 4.76. The molecule has 2 aliphatic heterocycles. The zero-order chi connectivity index (χ0) is 20.3. The normalized spacial score (nSPS) is 46.5. The van der Waals surface area contributed by atoms with E-state index < -0.39 is 6.29 Å². The maximum atomic E-state index is 9.05. The fraction of sp³-hybridized carbons (Fsp3) is 1.00. The van der Waals surface area contributed by atoms with Gasteiger partial charge in [-0.1, -0.05) is 60.0 Å². The van der Waals surface area contributed by atoms with Gasteiger partial charge in [0.1, 0.15) is 5.44 Å². The summed E-state index contributed by atoms with van der Waals surface area (Å²) < 4.78 is 18.9. The number of hydrogen-bond donors (Lipinski definition) is 1. The SMILES string of the molecule is CCC1O[C@H](OC2C(S)OC([C@@H](C)CC)[C@@H](C)[C@@H]2C)C(N=[N+]=[N-])C(C)[C@@H]1C. The maximum absolute atomic E-state index is 9.05. The van der Waals surface area contributed by atoms with E-state index in [0.29, 0.717) is 17.8 Å². The highest BCUT2D eigenvalue weighted by Crippen LogP contribution is 2.41. The maximum Gasteiger partial charge on any atom is 0.167 e. The van der Waals surface area contributed by atoms with E-state index in [9.17, 15) is 0 Å². The molecule has 11 atom stereocenters. The third-order valence-corrected chi connectivity index (χ3v) is 7.48. The molecular formula is C20H37N3O3S. The Bertz CT molecular complexity index is 531. The fourth-order valence-electron chi connectivity index (χ4n) is 4.53. The van der Waals surface area contributed by atoms with Crippen LogP contribution in [0, 0.1) is 29.6 Å². The zero-order valence-corrected chi connectivity index (χ0v) is 18.7. The van der Waals surface area contributed by atoms with Gasteiger partial charge in [-0.15, -0.1) is 12.6 Å². The van der Waals surface area contributed by atoms with Crippen LogP contribution in [0.1, 0.15) is 61.3 Å². The average Bonchev–Trinajstić information content (AvgIpc) is 2.66. The lowest BCUT2D eigenvalue weighted by Crippen LogP contribution is -2.55. The summed E-state index contributed by atoms with van der Waals surface area (Å²) in [5.74, 6) is 1.60. The van der Waals surface area contributed by atoms with Gasteiger partial charge >= 0.3 is 0 Å². The molecule has 7 heteroatoms. The van der Waals surface area contributed by atoms with Gasteiger partial charge in [0.05, 0.1) is 24.4 Å². The van der Waals surface area contributed by atoms with E-state index >= 15 is 0 Å². The molecule has 0 spiro atoms. The summed E-state index contributed by atoms with van der Waals surface area (Å²) in [5, 5.41) is 4.02. The Morgan fingerprint density at radius 1 is 1.07 bits per heavy atom. The van der Waals surface area contributed by atoms with Gasteiger partial charge in [0, 0.05) is 4.91 Å². The molecule has 6 unspecified atom stereocenters. The number of hydrogen-bond acceptors (Lipinski definition) is 5. The average molecular weight is 400 g/mol. The van der Waals surface area contributed by atoms with Gasteiger partial charge in [-0.05, 0) is 41.5 Å². The fourth-order valence-corrected chi connectivity index (χ4v) is 5.01. The highest BCUT2D eigenvalue weighted by atomic mass is 32.1. The van der Waals surface area contributed by atoms with E-state index in [2.05, 4.69) is 58.5 Å². The first kappa shape index (κ1) is 22.8. The molecule has 0 aromatic rings. The summed E-state index contributed by atoms with van der Waals surface area (Å²) in [6.07, 6.45) is 1.49. The van der Waals surface area contributed by atoms with Gasteiger partial charge in [0.2, 0.25) is 0 Å². The van der Waals surface area contributed by atoms with Crippen molar-refractivity contribution >= 4 is 12.6 Å². The van der Waals surface area contributed by atoms with Crippen molar-refractivity contribution in [3.8, 4) is 0 Å². The summed E-state index contributed by atoms with van der Waals surface area (Å²) in [6.45, 7) is 15.2. The van der Waals surface area contributed by atoms with Gasteiger partial charge < -0.3 is 14.2 Å². The molecule has 6 nitrogen and oxygen atoms in total. The first-order chi connectivity index (χ1) is 12.8. The molecule has 0 radical (unpaired) electrons. The van der Waals surface area contributed by atoms with Crippen LogP contribution in [-0.2, 0) is 14.2 Å². The minimum Gasteiger partial charge on any atom is -0.361 e. The molecule has 0 aromatic heterocycles. The second-order valence-electron chi connectivity index (χ2n) is 8.56. The summed E-state index contributed by atoms with van der Waals surface area (Å²) in [6, 6.07) is -0.344. The molecule has 2 saturated heterocycles. The van der Waals surface area contributed by atoms with Crippen molar-refractivity contribution in [2.45, 2.75) is 97.4 Å². The predicted octanol–water partition coefficient (Wildman–Crippen LogP) is 5.43. The minimum absolute atomic E-state index is 0.0959. The van der Waals surface area contributed by atoms with E-state index in [1.165, 1.54) is 0 Å². The number of azide groups is 1. The van der Waals surface area contributed by atoms with E-state index in [-0.39, 0.29) is 41.6 Å². The van der Waals surface area contributed by atoms with Crippen molar-refractivity contribution in [3.63, 3.8) is 0 Å². The second kappa shape index (κ2) is 9.84. The quantitative estimate of drug-likeness (QED) is 0.280. The number of ether oxygens (including phenoxy) is 3. The lowest BCUT2D eigenvalue weighted by Gasteiger charge is -2.49. The standard InChI is InChI=1S/C20H37N3O3S/c1-8-10(3)17-13(6)14(7)18(20(27)26-17)25-19-16(22-23-21)12(5)11(4)15(9-2)24-19/h10-20,27H,8-9H2,1-7H3/t10-,11-,12?,13-,14-,15?,16?,17?,18?,19+,20?/m0/s1. The molecule has 0 aliphatic carbocycles. The van der Waals surface area contributed by atoms with Gasteiger partial charge in [0.15, 0.2) is 6.29 Å². The first-order valence-corrected chi connectivity index (χ1v) is 11.0. The summed E-state index contributed by atoms with van der Waals surface area (Å²) >= 11 is 4.71. The van der Waals surface area contributed by atoms with Crippen LogP contribution < -0.4 is 0 Å². The smallest absolute Gasteiger partial charge is 0.167 e. The van der Waals surface area contributed by atoms with Gasteiger partial charge in [-0.3, -0.25) is 0 Å². The van der Waals surface area contributed by atoms with Crippen LogP contribution in [0.5, 0.6) is 0 Å². The van der Waals surface area contributed by atoms with Crippen molar-refractivity contribution in [1.29, 1.82) is 0 Å². The van der Waals surface area contributed by atoms with Crippen molar-refractivity contribution in [2.75, 3.05) is 0 Å². The molecule has 2 aliphatic rings. The van der Waals surface area contributed by atoms with Gasteiger partial charge in [0.25, 0.3) is 0 Å². The lowest BCUT2D eigenvalue weighted by atomic mass is 9.78. The molecule has 0 saturated carbocycles. The Morgan fingerprint density at radius 2 is 1.74 bits per heavy atom. The summed E-state index contributed by atoms with van der Waals surface area (Å²) in [4.78, 5) is 3.05. The summed E-state index contributed by atoms with van der Waals surface area (Å²) in [7, 11) is 0. The van der Waals surface area contributed by atoms with Crippen molar-refractivity contribution in [3.05, 3.63) is 10.4 Å². The Morgan fingerprint density at radius 3 is 2.30 bits per heavy atom. The molecule has 2 rings (SSSR count). The highest BCUT2D eigenvalue weighted by molar-refractivity contribution is 7.80. The number of rotatable bonds is 6. The number of nitrogens with zero attached hydrogens (tertiary/aromatic N) is 3. The van der Waals surface area contributed by atoms with Crippen LogP contribution in [0.4, 0.5) is 0 Å². The van der Waals surface area contributed by atoms with Crippen LogP contribution in [0.3, 0.4) is 0 Å². The highest BCUT2D eigenvalue weighted by Gasteiger charge is 2.47. The van der Waals surface area contributed by atoms with Crippen molar-refractivity contribution in [2.24, 2.45) is 34.7 Å². The topological polar surface area (TPSA) is 76.5 Å². The van der Waals surface area contributed by atoms with Crippen LogP contribution in [-0.4, -0.2) is 36.1 Å². The van der Waals surface area contributed by atoms with Gasteiger partial charge in [-0.2, -0.15) is 0 Å². The lowest BCUT2D eigenvalue weighted by molar-refractivity contribution is -0.280. The van der Waals surface area contributed by atoms with Crippen LogP contribution in [0.2, 0.25) is 0 Å². The van der Waals surface area contributed by atoms with Crippen molar-refractivity contribution < 1.29 is 14.2 Å². The van der Waals surface area contributed by atoms with Crippen LogP contribution in [0.15, 0.2) is 5.11 Å². The zero-order valence-electron chi connectivity index (χ0n) is 17.8. The van der Waals surface area contributed by atoms with E-state index in [0.717, 1.165) is 12.8 Å². The Kier molecular flexibility index (Phi) is 8.32. The molecule has 2 fully saturated rings. The van der Waals surface area contributed by atoms with Gasteiger partial charge in [-0.25, -0.2) is 0 Å². The van der Waals surface area contributed by atoms with Crippen molar-refractivity contribution in [1.82, 2.24) is 0 Å². The minimum atomic E-state index is -0.560. The van der Waals surface area contributed by atoms with E-state index in [4.69, 9.17) is 32.4 Å². The molecule has 0 amide bonds. The van der Waals surface area contributed by atoms with Crippen LogP contribution >= 0.6 is 12.6 Å². The molecule has 0 bridgehead atoms. The molecular weight excluding hydrogens is 362 g/mol. The van der Waals surface area contributed by atoms with E-state index in [1.54, 1.807) is 0 Å². The molecule has 0 aromatic carbocycles. The monoisotopic (exact) mass is 399 g/mol. The Labute approximate surface area is 169 Å². The van der Waals surface area contributed by atoms with Crippen LogP contribution in [0.25, 0.3) is 10.4 Å². The molecule has 27 heavy (non-hydrogen) atoms. The third-order valence-electron chi connectivity index (χ3n) is 7.07. The predicted molar refractivity (Wildman–Crippen MR) is 111 cm³/mol. The Hall–Kier alpha value is -0.460. The Balaban J connectivity index is 2.18. The number of thiol groups is 1. The molecule has 156 valence electrons. The van der Waals surface area contributed by atoms with E-state index in [1.807, 2.05) is 0 Å². The first-order valence-electron chi connectivity index (χ1n) is 10.4. The molecule has 0 N–H and O–H groups in total.